The fraction of sp³-hybridized carbons (Fsp3) is 0.333. The van der Waals surface area contributed by atoms with Crippen LogP contribution in [0.3, 0.4) is 0 Å². The topological polar surface area (TPSA) is 83.4 Å². The van der Waals surface area contributed by atoms with Crippen molar-refractivity contribution in [3.63, 3.8) is 0 Å². The molecule has 0 radical (unpaired) electrons. The van der Waals surface area contributed by atoms with Crippen molar-refractivity contribution in [2.75, 3.05) is 36.4 Å². The number of pyridine rings is 1. The number of aromatic nitrogens is 3. The lowest BCUT2D eigenvalue weighted by Gasteiger charge is -2.37. The van der Waals surface area contributed by atoms with Crippen LogP contribution < -0.4 is 10.2 Å². The average Bonchev–Trinajstić information content (AvgIpc) is 3.15. The third kappa shape index (κ3) is 5.61. The van der Waals surface area contributed by atoms with Crippen molar-refractivity contribution in [1.29, 1.82) is 0 Å². The summed E-state index contributed by atoms with van der Waals surface area (Å²) in [5.74, 6) is -0.553. The molecule has 0 saturated carbocycles. The van der Waals surface area contributed by atoms with Gasteiger partial charge in [-0.1, -0.05) is 12.1 Å². The Morgan fingerprint density at radius 1 is 1.03 bits per heavy atom. The highest BCUT2D eigenvalue weighted by Gasteiger charge is 2.32. The number of nitrogens with one attached hydrogen (secondary N) is 1. The first kappa shape index (κ1) is 24.2. The zero-order valence-corrected chi connectivity index (χ0v) is 19.3. The van der Waals surface area contributed by atoms with E-state index in [9.17, 15) is 22.8 Å². The lowest BCUT2D eigenvalue weighted by molar-refractivity contribution is -0.141. The zero-order valence-electron chi connectivity index (χ0n) is 19.3. The van der Waals surface area contributed by atoms with Gasteiger partial charge in [0.15, 0.2) is 0 Å². The van der Waals surface area contributed by atoms with Crippen LogP contribution in [0.2, 0.25) is 0 Å². The fourth-order valence-corrected chi connectivity index (χ4v) is 4.06. The summed E-state index contributed by atoms with van der Waals surface area (Å²) >= 11 is 0. The van der Waals surface area contributed by atoms with Gasteiger partial charge in [-0.2, -0.15) is 18.3 Å². The minimum absolute atomic E-state index is 0.00620. The van der Waals surface area contributed by atoms with Crippen molar-refractivity contribution < 1.29 is 22.8 Å². The highest BCUT2D eigenvalue weighted by Crippen LogP contribution is 2.29. The van der Waals surface area contributed by atoms with E-state index in [-0.39, 0.29) is 18.1 Å². The number of amides is 2. The molecule has 11 heteroatoms. The summed E-state index contributed by atoms with van der Waals surface area (Å²) in [4.78, 5) is 32.8. The van der Waals surface area contributed by atoms with E-state index in [0.29, 0.717) is 37.4 Å². The van der Waals surface area contributed by atoms with Crippen molar-refractivity contribution >= 4 is 23.2 Å². The number of para-hydroxylation sites is 1. The number of hydrogen-bond acceptors (Lipinski definition) is 5. The molecule has 1 aliphatic rings. The summed E-state index contributed by atoms with van der Waals surface area (Å²) in [6.45, 7) is 5.94. The van der Waals surface area contributed by atoms with Crippen LogP contribution in [0.25, 0.3) is 0 Å². The smallest absolute Gasteiger partial charge is 0.367 e. The molecule has 0 aliphatic carbocycles. The summed E-state index contributed by atoms with van der Waals surface area (Å²) in [7, 11) is 0. The molecular formula is C24H25F3N6O2. The van der Waals surface area contributed by atoms with Crippen molar-refractivity contribution in [2.45, 2.75) is 26.6 Å². The maximum absolute atomic E-state index is 13.0. The molecule has 35 heavy (non-hydrogen) atoms. The molecule has 1 saturated heterocycles. The van der Waals surface area contributed by atoms with Gasteiger partial charge in [-0.25, -0.2) is 0 Å². The number of hydrogen-bond donors (Lipinski definition) is 1. The summed E-state index contributed by atoms with van der Waals surface area (Å²) in [6.07, 6.45) is -3.60. The van der Waals surface area contributed by atoms with Gasteiger partial charge in [-0.15, -0.1) is 0 Å². The van der Waals surface area contributed by atoms with Crippen LogP contribution in [0.4, 0.5) is 24.5 Å². The lowest BCUT2D eigenvalue weighted by atomic mass is 10.1. The van der Waals surface area contributed by atoms with Gasteiger partial charge < -0.3 is 15.1 Å². The van der Waals surface area contributed by atoms with Crippen molar-refractivity contribution in [2.24, 2.45) is 0 Å². The normalized spacial score (nSPS) is 14.2. The van der Waals surface area contributed by atoms with Crippen LogP contribution in [0.5, 0.6) is 0 Å². The average molecular weight is 486 g/mol. The number of alkyl halides is 3. The van der Waals surface area contributed by atoms with Crippen molar-refractivity contribution in [3.8, 4) is 0 Å². The molecule has 0 unspecified atom stereocenters. The van der Waals surface area contributed by atoms with Crippen LogP contribution in [0, 0.1) is 13.8 Å². The van der Waals surface area contributed by atoms with Gasteiger partial charge in [0.05, 0.1) is 11.3 Å². The third-order valence-corrected chi connectivity index (χ3v) is 5.82. The van der Waals surface area contributed by atoms with Crippen molar-refractivity contribution in [3.05, 3.63) is 71.3 Å². The molecule has 2 aromatic heterocycles. The summed E-state index contributed by atoms with van der Waals surface area (Å²) in [5.41, 5.74) is 1.69. The minimum atomic E-state index is -4.61. The first-order valence-corrected chi connectivity index (χ1v) is 11.1. The second-order valence-electron chi connectivity index (χ2n) is 8.35. The van der Waals surface area contributed by atoms with E-state index < -0.39 is 17.8 Å². The van der Waals surface area contributed by atoms with Crippen LogP contribution in [0.1, 0.15) is 27.4 Å². The molecular weight excluding hydrogens is 461 g/mol. The molecule has 184 valence electrons. The second kappa shape index (κ2) is 9.77. The van der Waals surface area contributed by atoms with E-state index in [4.69, 9.17) is 0 Å². The maximum atomic E-state index is 13.0. The van der Waals surface area contributed by atoms with E-state index in [1.807, 2.05) is 24.8 Å². The zero-order chi connectivity index (χ0) is 25.2. The Hall–Kier alpha value is -3.89. The predicted molar refractivity (Wildman–Crippen MR) is 124 cm³/mol. The second-order valence-corrected chi connectivity index (χ2v) is 8.35. The van der Waals surface area contributed by atoms with Gasteiger partial charge in [0.2, 0.25) is 5.91 Å². The minimum Gasteiger partial charge on any atom is -0.367 e. The Balaban J connectivity index is 1.42. The van der Waals surface area contributed by atoms with Gasteiger partial charge in [-0.05, 0) is 44.2 Å². The molecule has 1 N–H and O–H groups in total. The first-order chi connectivity index (χ1) is 16.6. The summed E-state index contributed by atoms with van der Waals surface area (Å²) in [6, 6.07) is 10.9. The Labute approximate surface area is 200 Å². The van der Waals surface area contributed by atoms with E-state index in [2.05, 4.69) is 15.4 Å². The number of carbonyl (C=O) groups excluding carboxylic acids is 2. The van der Waals surface area contributed by atoms with Gasteiger partial charge in [0.1, 0.15) is 12.2 Å². The first-order valence-electron chi connectivity index (χ1n) is 11.1. The number of halogens is 3. The van der Waals surface area contributed by atoms with Gasteiger partial charge in [0.25, 0.3) is 5.91 Å². The third-order valence-electron chi connectivity index (χ3n) is 5.82. The Morgan fingerprint density at radius 3 is 2.40 bits per heavy atom. The number of anilines is 2. The van der Waals surface area contributed by atoms with E-state index >= 15 is 0 Å². The molecule has 2 amide bonds. The van der Waals surface area contributed by atoms with Crippen LogP contribution >= 0.6 is 0 Å². The van der Waals surface area contributed by atoms with Crippen LogP contribution in [-0.4, -0.2) is 57.7 Å². The summed E-state index contributed by atoms with van der Waals surface area (Å²) < 4.78 is 40.5. The molecule has 8 nitrogen and oxygen atoms in total. The highest BCUT2D eigenvalue weighted by atomic mass is 19.4. The highest BCUT2D eigenvalue weighted by molar-refractivity contribution is 6.08. The standard InChI is InChI=1S/C24H25F3N6O2/c1-16-13-17(2)33(30-16)15-22(34)32-11-9-31(10-12-32)20-6-4-3-5-19(20)23(35)29-18-7-8-28-21(14-18)24(25,26)27/h3-8,13-14H,9-12,15H2,1-2H3,(H,28,29,35). The molecule has 0 bridgehead atoms. The number of rotatable bonds is 5. The number of piperazine rings is 1. The summed E-state index contributed by atoms with van der Waals surface area (Å²) in [5, 5.41) is 6.87. The molecule has 3 heterocycles. The van der Waals surface area contributed by atoms with E-state index in [1.54, 1.807) is 33.8 Å². The van der Waals surface area contributed by atoms with E-state index in [0.717, 1.165) is 23.7 Å². The molecule has 1 fully saturated rings. The maximum Gasteiger partial charge on any atom is 0.433 e. The predicted octanol–water partition coefficient (Wildman–Crippen LogP) is 3.51. The van der Waals surface area contributed by atoms with Gasteiger partial charge in [0, 0.05) is 49.4 Å². The van der Waals surface area contributed by atoms with Crippen LogP contribution in [-0.2, 0) is 17.5 Å². The molecule has 1 aliphatic heterocycles. The molecule has 0 spiro atoms. The number of benzene rings is 1. The Bertz CT molecular complexity index is 1230. The molecule has 0 atom stereocenters. The molecule has 1 aromatic carbocycles. The quantitative estimate of drug-likeness (QED) is 0.597. The monoisotopic (exact) mass is 486 g/mol. The SMILES string of the molecule is Cc1cc(C)n(CC(=O)N2CCN(c3ccccc3C(=O)Nc3ccnc(C(F)(F)F)c3)CC2)n1. The van der Waals surface area contributed by atoms with Crippen molar-refractivity contribution in [1.82, 2.24) is 19.7 Å². The Kier molecular flexibility index (Phi) is 6.77. The largest absolute Gasteiger partial charge is 0.433 e. The Morgan fingerprint density at radius 2 is 1.74 bits per heavy atom. The number of aryl methyl sites for hydroxylation is 2. The fourth-order valence-electron chi connectivity index (χ4n) is 4.06. The lowest BCUT2D eigenvalue weighted by Crippen LogP contribution is -2.50. The van der Waals surface area contributed by atoms with Gasteiger partial charge in [-0.3, -0.25) is 19.3 Å². The van der Waals surface area contributed by atoms with Crippen LogP contribution in [0.15, 0.2) is 48.7 Å². The van der Waals surface area contributed by atoms with Gasteiger partial charge >= 0.3 is 6.18 Å². The van der Waals surface area contributed by atoms with E-state index in [1.165, 1.54) is 6.07 Å². The number of carbonyl (C=O) groups is 2. The molecule has 4 rings (SSSR count). The number of nitrogens with zero attached hydrogens (tertiary/aromatic N) is 5. The molecule has 3 aromatic rings.